The van der Waals surface area contributed by atoms with Crippen molar-refractivity contribution in [3.8, 4) is 11.5 Å². The first-order valence-corrected chi connectivity index (χ1v) is 11.2. The van der Waals surface area contributed by atoms with Gasteiger partial charge < -0.3 is 19.7 Å². The molecule has 2 aromatic rings. The standard InChI is InChI=1S/C26H34N2O4/c1-17(2)12-13-27-25(29)23-16-28(26(30)19-8-6-18(3)7-9-19)15-22(23)21-11-10-20(31-4)14-24(21)32-5/h6-11,14,17,22-23H,12-13,15-16H2,1-5H3,(H,27,29)/t22-,23-/m1/s1. The summed E-state index contributed by atoms with van der Waals surface area (Å²) < 4.78 is 10.9. The summed E-state index contributed by atoms with van der Waals surface area (Å²) in [6, 6.07) is 13.2. The molecule has 2 atom stereocenters. The van der Waals surface area contributed by atoms with Gasteiger partial charge in [-0.15, -0.1) is 0 Å². The number of rotatable bonds is 8. The molecular formula is C26H34N2O4. The number of amides is 2. The van der Waals surface area contributed by atoms with Crippen molar-refractivity contribution in [3.05, 3.63) is 59.2 Å². The Morgan fingerprint density at radius 2 is 1.78 bits per heavy atom. The number of methoxy groups -OCH3 is 2. The Labute approximate surface area is 190 Å². The van der Waals surface area contributed by atoms with Crippen molar-refractivity contribution in [2.24, 2.45) is 11.8 Å². The van der Waals surface area contributed by atoms with Crippen LogP contribution in [0.5, 0.6) is 11.5 Å². The fourth-order valence-corrected chi connectivity index (χ4v) is 4.17. The van der Waals surface area contributed by atoms with E-state index in [0.717, 1.165) is 17.5 Å². The molecule has 3 rings (SSSR count). The second-order valence-corrected chi connectivity index (χ2v) is 8.87. The summed E-state index contributed by atoms with van der Waals surface area (Å²) in [5, 5.41) is 3.08. The van der Waals surface area contributed by atoms with Gasteiger partial charge in [-0.3, -0.25) is 9.59 Å². The molecular weight excluding hydrogens is 404 g/mol. The van der Waals surface area contributed by atoms with Crippen molar-refractivity contribution in [3.63, 3.8) is 0 Å². The first-order valence-electron chi connectivity index (χ1n) is 11.2. The maximum atomic E-state index is 13.2. The van der Waals surface area contributed by atoms with Crippen LogP contribution in [0.4, 0.5) is 0 Å². The van der Waals surface area contributed by atoms with Crippen LogP contribution in [-0.2, 0) is 4.79 Å². The average Bonchev–Trinajstić information content (AvgIpc) is 3.23. The lowest BCUT2D eigenvalue weighted by Crippen LogP contribution is -2.36. The molecule has 2 amide bonds. The van der Waals surface area contributed by atoms with Crippen LogP contribution >= 0.6 is 0 Å². The summed E-state index contributed by atoms with van der Waals surface area (Å²) in [4.78, 5) is 28.2. The number of likely N-dealkylation sites (tertiary alicyclic amines) is 1. The van der Waals surface area contributed by atoms with Crippen molar-refractivity contribution in [1.29, 1.82) is 0 Å². The van der Waals surface area contributed by atoms with Crippen molar-refractivity contribution < 1.29 is 19.1 Å². The first-order chi connectivity index (χ1) is 15.3. The SMILES string of the molecule is COc1ccc([C@H]2CN(C(=O)c3ccc(C)cc3)C[C@H]2C(=O)NCCC(C)C)c(OC)c1. The Morgan fingerprint density at radius 1 is 1.06 bits per heavy atom. The number of nitrogens with one attached hydrogen (secondary N) is 1. The van der Waals surface area contributed by atoms with E-state index in [-0.39, 0.29) is 23.7 Å². The molecule has 2 aromatic carbocycles. The fourth-order valence-electron chi connectivity index (χ4n) is 4.17. The minimum absolute atomic E-state index is 0.0206. The molecule has 32 heavy (non-hydrogen) atoms. The maximum Gasteiger partial charge on any atom is 0.253 e. The summed E-state index contributed by atoms with van der Waals surface area (Å²) >= 11 is 0. The lowest BCUT2D eigenvalue weighted by atomic mass is 9.87. The zero-order chi connectivity index (χ0) is 23.3. The smallest absolute Gasteiger partial charge is 0.253 e. The quantitative estimate of drug-likeness (QED) is 0.676. The molecule has 1 aliphatic rings. The minimum Gasteiger partial charge on any atom is -0.497 e. The summed E-state index contributed by atoms with van der Waals surface area (Å²) in [5.41, 5.74) is 2.65. The highest BCUT2D eigenvalue weighted by Crippen LogP contribution is 2.39. The van der Waals surface area contributed by atoms with E-state index in [2.05, 4.69) is 19.2 Å². The molecule has 0 saturated carbocycles. The third-order valence-corrected chi connectivity index (χ3v) is 6.10. The molecule has 0 spiro atoms. The summed E-state index contributed by atoms with van der Waals surface area (Å²) in [5.74, 6) is 1.28. The van der Waals surface area contributed by atoms with E-state index in [9.17, 15) is 9.59 Å². The molecule has 6 nitrogen and oxygen atoms in total. The largest absolute Gasteiger partial charge is 0.497 e. The Bertz CT molecular complexity index is 939. The van der Waals surface area contributed by atoms with Gasteiger partial charge in [0.25, 0.3) is 5.91 Å². The number of nitrogens with zero attached hydrogens (tertiary/aromatic N) is 1. The molecule has 0 bridgehead atoms. The van der Waals surface area contributed by atoms with Crippen molar-refractivity contribution in [2.45, 2.75) is 33.1 Å². The van der Waals surface area contributed by atoms with Gasteiger partial charge in [-0.2, -0.15) is 0 Å². The van der Waals surface area contributed by atoms with E-state index in [1.165, 1.54) is 0 Å². The molecule has 1 heterocycles. The summed E-state index contributed by atoms with van der Waals surface area (Å²) in [6.07, 6.45) is 0.918. The zero-order valence-electron chi connectivity index (χ0n) is 19.7. The van der Waals surface area contributed by atoms with Crippen molar-refractivity contribution in [2.75, 3.05) is 33.9 Å². The molecule has 0 aliphatic carbocycles. The van der Waals surface area contributed by atoms with Gasteiger partial charge in [-0.25, -0.2) is 0 Å². The van der Waals surface area contributed by atoms with E-state index in [1.54, 1.807) is 19.1 Å². The van der Waals surface area contributed by atoms with Crippen molar-refractivity contribution in [1.82, 2.24) is 10.2 Å². The molecule has 0 radical (unpaired) electrons. The molecule has 0 unspecified atom stereocenters. The Hall–Kier alpha value is -3.02. The van der Waals surface area contributed by atoms with Crippen LogP contribution in [0, 0.1) is 18.8 Å². The van der Waals surface area contributed by atoms with Gasteiger partial charge in [0.05, 0.1) is 20.1 Å². The normalized spacial score (nSPS) is 18.0. The number of hydrogen-bond donors (Lipinski definition) is 1. The van der Waals surface area contributed by atoms with E-state index in [0.29, 0.717) is 42.6 Å². The van der Waals surface area contributed by atoms with E-state index in [4.69, 9.17) is 9.47 Å². The van der Waals surface area contributed by atoms with Gasteiger partial charge >= 0.3 is 0 Å². The van der Waals surface area contributed by atoms with Crippen LogP contribution in [0.3, 0.4) is 0 Å². The monoisotopic (exact) mass is 438 g/mol. The summed E-state index contributed by atoms with van der Waals surface area (Å²) in [7, 11) is 3.22. The average molecular weight is 439 g/mol. The van der Waals surface area contributed by atoms with Crippen LogP contribution in [0.2, 0.25) is 0 Å². The lowest BCUT2D eigenvalue weighted by molar-refractivity contribution is -0.124. The lowest BCUT2D eigenvalue weighted by Gasteiger charge is -2.21. The minimum atomic E-state index is -0.348. The third-order valence-electron chi connectivity index (χ3n) is 6.10. The zero-order valence-corrected chi connectivity index (χ0v) is 19.7. The number of benzene rings is 2. The highest BCUT2D eigenvalue weighted by atomic mass is 16.5. The molecule has 1 fully saturated rings. The van der Waals surface area contributed by atoms with Gasteiger partial charge in [0.2, 0.25) is 5.91 Å². The number of carbonyl (C=O) groups excluding carboxylic acids is 2. The molecule has 6 heteroatoms. The van der Waals surface area contributed by atoms with Gasteiger partial charge in [-0.1, -0.05) is 37.6 Å². The third kappa shape index (κ3) is 5.42. The van der Waals surface area contributed by atoms with Crippen LogP contribution in [0.1, 0.15) is 47.7 Å². The molecule has 1 saturated heterocycles. The highest BCUT2D eigenvalue weighted by Gasteiger charge is 2.41. The fraction of sp³-hybridized carbons (Fsp3) is 0.462. The van der Waals surface area contributed by atoms with E-state index < -0.39 is 0 Å². The predicted molar refractivity (Wildman–Crippen MR) is 125 cm³/mol. The van der Waals surface area contributed by atoms with Crippen LogP contribution < -0.4 is 14.8 Å². The molecule has 1 N–H and O–H groups in total. The maximum absolute atomic E-state index is 13.2. The first kappa shape index (κ1) is 23.6. The number of ether oxygens (including phenoxy) is 2. The molecule has 172 valence electrons. The van der Waals surface area contributed by atoms with Crippen LogP contribution in [0.15, 0.2) is 42.5 Å². The number of hydrogen-bond acceptors (Lipinski definition) is 4. The Morgan fingerprint density at radius 3 is 2.41 bits per heavy atom. The Kier molecular flexibility index (Phi) is 7.78. The number of aryl methyl sites for hydroxylation is 1. The Balaban J connectivity index is 1.88. The van der Waals surface area contributed by atoms with Crippen LogP contribution in [-0.4, -0.2) is 50.6 Å². The summed E-state index contributed by atoms with van der Waals surface area (Å²) in [6.45, 7) is 7.72. The van der Waals surface area contributed by atoms with E-state index in [1.807, 2.05) is 49.4 Å². The molecule has 0 aromatic heterocycles. The predicted octanol–water partition coefficient (Wildman–Crippen LogP) is 4.03. The second-order valence-electron chi connectivity index (χ2n) is 8.87. The highest BCUT2D eigenvalue weighted by molar-refractivity contribution is 5.95. The van der Waals surface area contributed by atoms with E-state index >= 15 is 0 Å². The number of carbonyl (C=O) groups is 2. The van der Waals surface area contributed by atoms with Gasteiger partial charge in [0.1, 0.15) is 11.5 Å². The van der Waals surface area contributed by atoms with Gasteiger partial charge in [-0.05, 0) is 37.5 Å². The van der Waals surface area contributed by atoms with Gasteiger partial charge in [0, 0.05) is 42.7 Å². The van der Waals surface area contributed by atoms with Crippen LogP contribution in [0.25, 0.3) is 0 Å². The van der Waals surface area contributed by atoms with Crippen molar-refractivity contribution >= 4 is 11.8 Å². The molecule has 1 aliphatic heterocycles. The second kappa shape index (κ2) is 10.5. The topological polar surface area (TPSA) is 67.9 Å². The van der Waals surface area contributed by atoms with Gasteiger partial charge in [0.15, 0.2) is 0 Å².